The van der Waals surface area contributed by atoms with Crippen LogP contribution in [0.3, 0.4) is 0 Å². The Balaban J connectivity index is 0.00000216. The van der Waals surface area contributed by atoms with E-state index in [4.69, 9.17) is 10.5 Å². The smallest absolute Gasteiger partial charge is 0.414 e. The summed E-state index contributed by atoms with van der Waals surface area (Å²) in [6, 6.07) is 12.2. The lowest BCUT2D eigenvalue weighted by Crippen LogP contribution is -2.33. The molecule has 40 heavy (non-hydrogen) atoms. The van der Waals surface area contributed by atoms with Crippen molar-refractivity contribution < 1.29 is 23.1 Å². The van der Waals surface area contributed by atoms with Crippen LogP contribution < -0.4 is 21.3 Å². The number of hydrogen-bond donors (Lipinski definition) is 3. The number of aliphatic imine (C=N–C) groups is 1. The Morgan fingerprint density at radius 3 is 2.65 bits per heavy atom. The normalized spacial score (nSPS) is 14.7. The highest BCUT2D eigenvalue weighted by atomic mass is 19.1. The van der Waals surface area contributed by atoms with Gasteiger partial charge in [-0.1, -0.05) is 31.2 Å². The number of halogens is 2. The van der Waals surface area contributed by atoms with Gasteiger partial charge in [0.2, 0.25) is 5.91 Å². The average molecular weight is 556 g/mol. The van der Waals surface area contributed by atoms with Crippen molar-refractivity contribution in [2.75, 3.05) is 31.7 Å². The number of anilines is 1. The van der Waals surface area contributed by atoms with Gasteiger partial charge < -0.3 is 25.7 Å². The first-order valence-corrected chi connectivity index (χ1v) is 12.9. The number of amides is 2. The minimum absolute atomic E-state index is 0.208. The zero-order chi connectivity index (χ0) is 29.1. The second kappa shape index (κ2) is 14.7. The largest absolute Gasteiger partial charge is 0.442 e. The van der Waals surface area contributed by atoms with Gasteiger partial charge in [-0.25, -0.2) is 19.2 Å². The van der Waals surface area contributed by atoms with Gasteiger partial charge in [0.05, 0.1) is 50.9 Å². The molecule has 214 valence electrons. The number of imidazole rings is 1. The molecule has 0 bridgehead atoms. The number of ether oxygens (including phenoxy) is 1. The molecule has 1 aliphatic heterocycles. The molecule has 0 aliphatic carbocycles. The standard InChI is InChI=1S/C27H32FN7O3.CH3F/c1-3-10-30-13-25-26(32-16-29)34(17-33-25)14-19-4-6-20(7-5-19)23-9-8-21(11-24(23)28)35-15-22(38-27(35)37)12-31-18(2)36;1-2/h4-9,11,16-17,22,30H,3,10,12-15H2,1-2H3,(H2,29,32)(H,31,36);1H3/t22-;/m0./s1. The number of hydrogen-bond acceptors (Lipinski definition) is 6. The fraction of sp³-hybridized carbons (Fsp3) is 0.357. The van der Waals surface area contributed by atoms with E-state index in [1.165, 1.54) is 24.2 Å². The maximum absolute atomic E-state index is 15.1. The molecule has 4 N–H and O–H groups in total. The van der Waals surface area contributed by atoms with Gasteiger partial charge in [0.1, 0.15) is 11.9 Å². The molecule has 12 heteroatoms. The van der Waals surface area contributed by atoms with E-state index in [1.807, 2.05) is 28.8 Å². The van der Waals surface area contributed by atoms with Gasteiger partial charge in [0.15, 0.2) is 5.82 Å². The fourth-order valence-corrected chi connectivity index (χ4v) is 4.25. The second-order valence-corrected chi connectivity index (χ2v) is 9.01. The minimum atomic E-state index is -0.570. The van der Waals surface area contributed by atoms with Crippen LogP contribution in [0.4, 0.5) is 25.1 Å². The third-order valence-electron chi connectivity index (χ3n) is 6.13. The first-order chi connectivity index (χ1) is 19.4. The summed E-state index contributed by atoms with van der Waals surface area (Å²) in [5.74, 6) is 0.0354. The van der Waals surface area contributed by atoms with E-state index in [0.29, 0.717) is 42.9 Å². The van der Waals surface area contributed by atoms with Crippen LogP contribution >= 0.6 is 0 Å². The predicted molar refractivity (Wildman–Crippen MR) is 151 cm³/mol. The lowest BCUT2D eigenvalue weighted by Gasteiger charge is -2.15. The Morgan fingerprint density at radius 1 is 1.25 bits per heavy atom. The van der Waals surface area contributed by atoms with Gasteiger partial charge in [-0.15, -0.1) is 0 Å². The Hall–Kier alpha value is -4.32. The number of nitrogens with two attached hydrogens (primary N) is 1. The molecular weight excluding hydrogens is 520 g/mol. The zero-order valence-electron chi connectivity index (χ0n) is 22.9. The van der Waals surface area contributed by atoms with Crippen molar-refractivity contribution >= 4 is 29.8 Å². The molecule has 0 spiro atoms. The number of benzene rings is 2. The van der Waals surface area contributed by atoms with Crippen LogP contribution in [-0.2, 0) is 22.6 Å². The van der Waals surface area contributed by atoms with E-state index in [0.717, 1.165) is 24.2 Å². The lowest BCUT2D eigenvalue weighted by molar-refractivity contribution is -0.119. The third kappa shape index (κ3) is 7.63. The van der Waals surface area contributed by atoms with Gasteiger partial charge in [-0.05, 0) is 42.3 Å². The first-order valence-electron chi connectivity index (χ1n) is 12.9. The highest BCUT2D eigenvalue weighted by molar-refractivity contribution is 5.90. The first kappa shape index (κ1) is 30.2. The van der Waals surface area contributed by atoms with Crippen LogP contribution in [0.15, 0.2) is 53.8 Å². The molecule has 1 atom stereocenters. The molecular formula is C28H35F2N7O3. The van der Waals surface area contributed by atoms with E-state index < -0.39 is 18.0 Å². The minimum Gasteiger partial charge on any atom is -0.442 e. The summed E-state index contributed by atoms with van der Waals surface area (Å²) in [7, 11) is 0.500. The monoisotopic (exact) mass is 555 g/mol. The second-order valence-electron chi connectivity index (χ2n) is 9.01. The summed E-state index contributed by atoms with van der Waals surface area (Å²) < 4.78 is 31.8. The molecule has 1 aromatic heterocycles. The molecule has 0 saturated carbocycles. The van der Waals surface area contributed by atoms with Crippen molar-refractivity contribution in [3.8, 4) is 11.1 Å². The van der Waals surface area contributed by atoms with Crippen molar-refractivity contribution in [3.05, 3.63) is 65.9 Å². The molecule has 0 unspecified atom stereocenters. The topological polar surface area (TPSA) is 127 Å². The predicted octanol–water partition coefficient (Wildman–Crippen LogP) is 3.90. The maximum Gasteiger partial charge on any atom is 0.414 e. The Bertz CT molecular complexity index is 1310. The highest BCUT2D eigenvalue weighted by Gasteiger charge is 2.32. The summed E-state index contributed by atoms with van der Waals surface area (Å²) in [6.45, 7) is 5.96. The van der Waals surface area contributed by atoms with Crippen LogP contribution in [0.2, 0.25) is 0 Å². The Morgan fingerprint density at radius 2 is 2.00 bits per heavy atom. The quantitative estimate of drug-likeness (QED) is 0.187. The number of cyclic esters (lactones) is 1. The van der Waals surface area contributed by atoms with Crippen molar-refractivity contribution in [1.82, 2.24) is 20.2 Å². The fourth-order valence-electron chi connectivity index (χ4n) is 4.25. The van der Waals surface area contributed by atoms with E-state index in [9.17, 15) is 14.0 Å². The van der Waals surface area contributed by atoms with E-state index in [1.54, 1.807) is 18.5 Å². The molecule has 1 fully saturated rings. The van der Waals surface area contributed by atoms with Crippen LogP contribution in [0.5, 0.6) is 0 Å². The number of rotatable bonds is 11. The van der Waals surface area contributed by atoms with E-state index in [-0.39, 0.29) is 19.0 Å². The van der Waals surface area contributed by atoms with Gasteiger partial charge in [-0.3, -0.25) is 14.1 Å². The molecule has 0 radical (unpaired) electrons. The summed E-state index contributed by atoms with van der Waals surface area (Å²) in [5.41, 5.74) is 8.90. The molecule has 2 heterocycles. The highest BCUT2D eigenvalue weighted by Crippen LogP contribution is 2.29. The van der Waals surface area contributed by atoms with E-state index >= 15 is 4.39 Å². The molecule has 2 amide bonds. The van der Waals surface area contributed by atoms with Crippen molar-refractivity contribution in [3.63, 3.8) is 0 Å². The number of nitrogens with zero attached hydrogens (tertiary/aromatic N) is 4. The number of aromatic nitrogens is 2. The summed E-state index contributed by atoms with van der Waals surface area (Å²) in [5, 5.41) is 5.95. The number of nitrogens with one attached hydrogen (secondary N) is 2. The number of carbonyl (C=O) groups excluding carboxylic acids is 2. The molecule has 4 rings (SSSR count). The van der Waals surface area contributed by atoms with Crippen molar-refractivity contribution in [2.24, 2.45) is 10.7 Å². The van der Waals surface area contributed by atoms with Crippen LogP contribution in [0.1, 0.15) is 31.5 Å². The summed E-state index contributed by atoms with van der Waals surface area (Å²) in [6.07, 6.45) is 2.96. The SMILES string of the molecule is CCCNCc1ncn(Cc2ccc(-c3ccc(N4C[C@H](CNC(C)=O)OC4=O)cc3F)cc2)c1/N=C\N.CF. The van der Waals surface area contributed by atoms with Gasteiger partial charge >= 0.3 is 6.09 Å². The Labute approximate surface area is 232 Å². The number of alkyl halides is 1. The Kier molecular flexibility index (Phi) is 11.1. The van der Waals surface area contributed by atoms with Gasteiger partial charge in [0, 0.05) is 19.0 Å². The average Bonchev–Trinajstić information content (AvgIpc) is 3.52. The van der Waals surface area contributed by atoms with Crippen LogP contribution in [0.25, 0.3) is 11.1 Å². The maximum atomic E-state index is 15.1. The molecule has 3 aromatic rings. The van der Waals surface area contributed by atoms with Crippen molar-refractivity contribution in [1.29, 1.82) is 0 Å². The van der Waals surface area contributed by atoms with Crippen LogP contribution in [-0.4, -0.2) is 60.8 Å². The van der Waals surface area contributed by atoms with Gasteiger partial charge in [-0.2, -0.15) is 0 Å². The number of carbonyl (C=O) groups is 2. The molecule has 1 saturated heterocycles. The zero-order valence-corrected chi connectivity index (χ0v) is 22.9. The molecule has 1 aliphatic rings. The molecule has 2 aromatic carbocycles. The summed E-state index contributed by atoms with van der Waals surface area (Å²) in [4.78, 5) is 33.5. The van der Waals surface area contributed by atoms with Crippen LogP contribution in [0, 0.1) is 5.82 Å². The summed E-state index contributed by atoms with van der Waals surface area (Å²) >= 11 is 0. The lowest BCUT2D eigenvalue weighted by atomic mass is 10.0. The molecule has 10 nitrogen and oxygen atoms in total. The van der Waals surface area contributed by atoms with E-state index in [2.05, 4.69) is 27.5 Å². The van der Waals surface area contributed by atoms with Crippen molar-refractivity contribution in [2.45, 2.75) is 39.5 Å². The van der Waals surface area contributed by atoms with Gasteiger partial charge in [0.25, 0.3) is 0 Å². The third-order valence-corrected chi connectivity index (χ3v) is 6.13.